The van der Waals surface area contributed by atoms with E-state index in [9.17, 15) is 8.42 Å². The molecule has 0 atom stereocenters. The highest BCUT2D eigenvalue weighted by molar-refractivity contribution is 7.92. The molecule has 6 heteroatoms. The zero-order valence-corrected chi connectivity index (χ0v) is 16.7. The van der Waals surface area contributed by atoms with E-state index in [0.717, 1.165) is 17.3 Å². The van der Waals surface area contributed by atoms with Crippen LogP contribution in [0, 0.1) is 0 Å². The largest absolute Gasteiger partial charge is 0.354 e. The molecule has 0 bridgehead atoms. The second-order valence-electron chi connectivity index (χ2n) is 7.45. The van der Waals surface area contributed by atoms with Crippen molar-refractivity contribution < 1.29 is 8.42 Å². The third-order valence-corrected chi connectivity index (χ3v) is 7.98. The summed E-state index contributed by atoms with van der Waals surface area (Å²) >= 11 is 0. The van der Waals surface area contributed by atoms with Gasteiger partial charge in [0.25, 0.3) is 0 Å². The van der Waals surface area contributed by atoms with Gasteiger partial charge in [0, 0.05) is 30.8 Å². The number of aromatic nitrogens is 2. The van der Waals surface area contributed by atoms with Crippen molar-refractivity contribution in [2.24, 2.45) is 0 Å². The molecule has 0 unspecified atom stereocenters. The Balaban J connectivity index is 2.45. The molecule has 1 aromatic rings. The SMILES string of the molecule is CCC1(CC)CN(c2cc(C(C)C)nc(C(C)C)n2)CCS1(=O)=O. The average molecular weight is 354 g/mol. The summed E-state index contributed by atoms with van der Waals surface area (Å²) in [5.74, 6) is 2.48. The molecule has 2 heterocycles. The number of anilines is 1. The molecule has 5 nitrogen and oxygen atoms in total. The van der Waals surface area contributed by atoms with E-state index < -0.39 is 14.6 Å². The molecule has 2 rings (SSSR count). The molecule has 0 saturated carbocycles. The van der Waals surface area contributed by atoms with Gasteiger partial charge >= 0.3 is 0 Å². The van der Waals surface area contributed by atoms with E-state index >= 15 is 0 Å². The highest BCUT2D eigenvalue weighted by atomic mass is 32.2. The fourth-order valence-electron chi connectivity index (χ4n) is 3.27. The molecule has 1 fully saturated rings. The molecule has 136 valence electrons. The lowest BCUT2D eigenvalue weighted by Gasteiger charge is -2.42. The van der Waals surface area contributed by atoms with E-state index in [1.54, 1.807) is 0 Å². The predicted molar refractivity (Wildman–Crippen MR) is 99.5 cm³/mol. The van der Waals surface area contributed by atoms with E-state index in [1.807, 2.05) is 19.9 Å². The third kappa shape index (κ3) is 3.44. The summed E-state index contributed by atoms with van der Waals surface area (Å²) in [7, 11) is -3.06. The molecule has 0 amide bonds. The van der Waals surface area contributed by atoms with Crippen LogP contribution in [0.15, 0.2) is 6.07 Å². The van der Waals surface area contributed by atoms with Gasteiger partial charge in [-0.25, -0.2) is 18.4 Å². The van der Waals surface area contributed by atoms with Crippen molar-refractivity contribution in [3.05, 3.63) is 17.6 Å². The summed E-state index contributed by atoms with van der Waals surface area (Å²) in [6, 6.07) is 2.03. The van der Waals surface area contributed by atoms with Gasteiger partial charge < -0.3 is 4.90 Å². The predicted octanol–water partition coefficient (Wildman–Crippen LogP) is 3.52. The minimum atomic E-state index is -3.06. The van der Waals surface area contributed by atoms with Crippen molar-refractivity contribution in [3.8, 4) is 0 Å². The second-order valence-corrected chi connectivity index (χ2v) is 9.95. The van der Waals surface area contributed by atoms with E-state index in [2.05, 4.69) is 37.6 Å². The first-order chi connectivity index (χ1) is 11.2. The number of hydrogen-bond acceptors (Lipinski definition) is 5. The molecule has 1 saturated heterocycles. The van der Waals surface area contributed by atoms with Crippen LogP contribution in [0.5, 0.6) is 0 Å². The van der Waals surface area contributed by atoms with Gasteiger partial charge in [0.2, 0.25) is 0 Å². The smallest absolute Gasteiger partial charge is 0.159 e. The van der Waals surface area contributed by atoms with Gasteiger partial charge in [-0.05, 0) is 18.8 Å². The lowest BCUT2D eigenvalue weighted by atomic mass is 10.0. The molecular formula is C18H31N3O2S. The molecule has 0 spiro atoms. The van der Waals surface area contributed by atoms with Gasteiger partial charge in [-0.2, -0.15) is 0 Å². The van der Waals surface area contributed by atoms with Gasteiger partial charge in [0.15, 0.2) is 9.84 Å². The molecule has 1 aliphatic rings. The van der Waals surface area contributed by atoms with E-state index in [0.29, 0.717) is 31.8 Å². The normalized spacial score (nSPS) is 19.9. The van der Waals surface area contributed by atoms with Crippen LogP contribution in [0.3, 0.4) is 0 Å². The Morgan fingerprint density at radius 1 is 1.12 bits per heavy atom. The maximum Gasteiger partial charge on any atom is 0.159 e. The fourth-order valence-corrected chi connectivity index (χ4v) is 5.39. The van der Waals surface area contributed by atoms with Crippen LogP contribution in [0.1, 0.15) is 77.7 Å². The summed E-state index contributed by atoms with van der Waals surface area (Å²) < 4.78 is 24.6. The van der Waals surface area contributed by atoms with Crippen LogP contribution in [-0.4, -0.2) is 42.0 Å². The zero-order chi connectivity index (χ0) is 18.1. The van der Waals surface area contributed by atoms with Crippen molar-refractivity contribution in [1.82, 2.24) is 9.97 Å². The minimum Gasteiger partial charge on any atom is -0.354 e. The molecule has 0 aliphatic carbocycles. The van der Waals surface area contributed by atoms with Crippen LogP contribution < -0.4 is 4.90 Å². The highest BCUT2D eigenvalue weighted by Gasteiger charge is 2.45. The summed E-state index contributed by atoms with van der Waals surface area (Å²) in [4.78, 5) is 11.6. The molecule has 1 aliphatic heterocycles. The molecular weight excluding hydrogens is 322 g/mol. The number of sulfone groups is 1. The monoisotopic (exact) mass is 353 g/mol. The van der Waals surface area contributed by atoms with Crippen molar-refractivity contribution in [2.45, 2.75) is 71.0 Å². The fraction of sp³-hybridized carbons (Fsp3) is 0.778. The first-order valence-electron chi connectivity index (χ1n) is 9.02. The van der Waals surface area contributed by atoms with Crippen LogP contribution in [0.25, 0.3) is 0 Å². The van der Waals surface area contributed by atoms with E-state index in [-0.39, 0.29) is 11.7 Å². The van der Waals surface area contributed by atoms with Crippen molar-refractivity contribution in [1.29, 1.82) is 0 Å². The van der Waals surface area contributed by atoms with Gasteiger partial charge in [-0.1, -0.05) is 41.5 Å². The number of hydrogen-bond donors (Lipinski definition) is 0. The molecule has 0 aromatic carbocycles. The summed E-state index contributed by atoms with van der Waals surface area (Å²) in [5.41, 5.74) is 1.02. The highest BCUT2D eigenvalue weighted by Crippen LogP contribution is 2.34. The van der Waals surface area contributed by atoms with Crippen LogP contribution in [0.2, 0.25) is 0 Å². The van der Waals surface area contributed by atoms with Crippen LogP contribution in [-0.2, 0) is 9.84 Å². The Morgan fingerprint density at radius 3 is 2.25 bits per heavy atom. The number of nitrogens with zero attached hydrogens (tertiary/aromatic N) is 3. The van der Waals surface area contributed by atoms with Crippen molar-refractivity contribution in [3.63, 3.8) is 0 Å². The molecule has 1 aromatic heterocycles. The van der Waals surface area contributed by atoms with Crippen molar-refractivity contribution >= 4 is 15.7 Å². The Kier molecular flexibility index (Phi) is 5.57. The molecule has 0 radical (unpaired) electrons. The number of rotatable bonds is 5. The first kappa shape index (κ1) is 19.2. The molecule has 0 N–H and O–H groups in total. The Hall–Kier alpha value is -1.17. The summed E-state index contributed by atoms with van der Waals surface area (Å²) in [6.07, 6.45) is 1.28. The van der Waals surface area contributed by atoms with Crippen LogP contribution in [0.4, 0.5) is 5.82 Å². The van der Waals surface area contributed by atoms with Gasteiger partial charge in [-0.3, -0.25) is 0 Å². The van der Waals surface area contributed by atoms with Gasteiger partial charge in [-0.15, -0.1) is 0 Å². The summed E-state index contributed by atoms with van der Waals surface area (Å²) in [6.45, 7) is 13.4. The Morgan fingerprint density at radius 2 is 1.75 bits per heavy atom. The minimum absolute atomic E-state index is 0.201. The lowest BCUT2D eigenvalue weighted by molar-refractivity contribution is 0.457. The van der Waals surface area contributed by atoms with E-state index in [4.69, 9.17) is 4.98 Å². The maximum atomic E-state index is 12.6. The average Bonchev–Trinajstić information content (AvgIpc) is 2.54. The third-order valence-electron chi connectivity index (χ3n) is 5.24. The maximum absolute atomic E-state index is 12.6. The lowest BCUT2D eigenvalue weighted by Crippen LogP contribution is -2.56. The van der Waals surface area contributed by atoms with Crippen LogP contribution >= 0.6 is 0 Å². The first-order valence-corrected chi connectivity index (χ1v) is 10.7. The van der Waals surface area contributed by atoms with Gasteiger partial charge in [0.1, 0.15) is 11.6 Å². The van der Waals surface area contributed by atoms with Crippen molar-refractivity contribution in [2.75, 3.05) is 23.7 Å². The zero-order valence-electron chi connectivity index (χ0n) is 15.8. The topological polar surface area (TPSA) is 63.2 Å². The van der Waals surface area contributed by atoms with E-state index in [1.165, 1.54) is 0 Å². The molecule has 24 heavy (non-hydrogen) atoms. The quantitative estimate of drug-likeness (QED) is 0.810. The second kappa shape index (κ2) is 6.98. The van der Waals surface area contributed by atoms with Gasteiger partial charge in [0.05, 0.1) is 10.5 Å². The summed E-state index contributed by atoms with van der Waals surface area (Å²) in [5, 5.41) is 0. The standard InChI is InChI=1S/C18H31N3O2S/c1-7-18(8-2)12-21(9-10-24(18,22)23)16-11-15(13(3)4)19-17(20-16)14(5)6/h11,13-14H,7-10,12H2,1-6H3. The Bertz CT molecular complexity index is 653. The Labute approximate surface area is 146 Å².